The molecule has 2 saturated heterocycles. The number of hydrogen-bond acceptors (Lipinski definition) is 4. The molecule has 2 heterocycles. The summed E-state index contributed by atoms with van der Waals surface area (Å²) in [6, 6.07) is 0. The van der Waals surface area contributed by atoms with E-state index in [0.29, 0.717) is 13.0 Å². The molecular formula is C13H22O5. The molecule has 0 aromatic heterocycles. The van der Waals surface area contributed by atoms with Crippen molar-refractivity contribution in [2.75, 3.05) is 6.61 Å². The molecule has 0 spiro atoms. The Morgan fingerprint density at radius 1 is 1.22 bits per heavy atom. The summed E-state index contributed by atoms with van der Waals surface area (Å²) in [5.41, 5.74) is 0. The maximum atomic E-state index is 10.8. The molecule has 5 heteroatoms. The first kappa shape index (κ1) is 13.8. The summed E-state index contributed by atoms with van der Waals surface area (Å²) < 4.78 is 16.9. The van der Waals surface area contributed by atoms with Gasteiger partial charge in [-0.25, -0.2) is 4.79 Å². The van der Waals surface area contributed by atoms with Crippen LogP contribution in [-0.2, 0) is 19.0 Å². The standard InChI is InChI=1S/C13H22O5/c1-8-5-11(6-9(2)17-8)16-7-10-3-4-12(18-10)13(14)15/h8-12H,3-7H2,1-2H3,(H,14,15). The van der Waals surface area contributed by atoms with Crippen molar-refractivity contribution < 1.29 is 24.1 Å². The first-order valence-corrected chi connectivity index (χ1v) is 6.70. The van der Waals surface area contributed by atoms with Crippen LogP contribution in [0.4, 0.5) is 0 Å². The predicted octanol–water partition coefficient (Wildman–Crippen LogP) is 1.59. The highest BCUT2D eigenvalue weighted by Gasteiger charge is 2.32. The highest BCUT2D eigenvalue weighted by molar-refractivity contribution is 5.72. The molecule has 4 atom stereocenters. The van der Waals surface area contributed by atoms with Crippen LogP contribution in [0, 0.1) is 0 Å². The SMILES string of the molecule is CC1CC(OCC2CCC(C(=O)O)O2)CC(C)O1. The van der Waals surface area contributed by atoms with E-state index in [1.165, 1.54) is 0 Å². The largest absolute Gasteiger partial charge is 0.479 e. The van der Waals surface area contributed by atoms with Gasteiger partial charge in [-0.3, -0.25) is 0 Å². The van der Waals surface area contributed by atoms with Crippen molar-refractivity contribution in [3.8, 4) is 0 Å². The number of aliphatic carboxylic acids is 1. The van der Waals surface area contributed by atoms with Gasteiger partial charge < -0.3 is 19.3 Å². The Balaban J connectivity index is 1.70. The lowest BCUT2D eigenvalue weighted by molar-refractivity contribution is -0.152. The summed E-state index contributed by atoms with van der Waals surface area (Å²) in [5, 5.41) is 8.84. The molecule has 2 aliphatic heterocycles. The van der Waals surface area contributed by atoms with Gasteiger partial charge in [0, 0.05) is 0 Å². The van der Waals surface area contributed by atoms with Gasteiger partial charge in [0.25, 0.3) is 0 Å². The molecule has 2 rings (SSSR count). The van der Waals surface area contributed by atoms with E-state index in [1.54, 1.807) is 0 Å². The third-order valence-electron chi connectivity index (χ3n) is 3.56. The van der Waals surface area contributed by atoms with Gasteiger partial charge in [0.05, 0.1) is 31.0 Å². The van der Waals surface area contributed by atoms with Crippen molar-refractivity contribution >= 4 is 5.97 Å². The third-order valence-corrected chi connectivity index (χ3v) is 3.56. The Hall–Kier alpha value is -0.650. The maximum Gasteiger partial charge on any atom is 0.332 e. The molecule has 0 aromatic carbocycles. The maximum absolute atomic E-state index is 10.8. The van der Waals surface area contributed by atoms with Gasteiger partial charge >= 0.3 is 5.97 Å². The highest BCUT2D eigenvalue weighted by Crippen LogP contribution is 2.24. The topological polar surface area (TPSA) is 65.0 Å². The normalized spacial score (nSPS) is 40.9. The molecule has 5 nitrogen and oxygen atoms in total. The van der Waals surface area contributed by atoms with Crippen LogP contribution in [-0.4, -0.2) is 48.2 Å². The summed E-state index contributed by atoms with van der Waals surface area (Å²) in [5.74, 6) is -0.870. The van der Waals surface area contributed by atoms with Crippen molar-refractivity contribution in [1.82, 2.24) is 0 Å². The number of rotatable bonds is 4. The highest BCUT2D eigenvalue weighted by atomic mass is 16.6. The van der Waals surface area contributed by atoms with E-state index in [-0.39, 0.29) is 24.4 Å². The molecule has 1 N–H and O–H groups in total. The number of carboxylic acids is 1. The first-order valence-electron chi connectivity index (χ1n) is 6.70. The monoisotopic (exact) mass is 258 g/mol. The molecule has 0 aromatic rings. The Kier molecular flexibility index (Phi) is 4.59. The van der Waals surface area contributed by atoms with Crippen LogP contribution in [0.5, 0.6) is 0 Å². The van der Waals surface area contributed by atoms with Crippen LogP contribution in [0.1, 0.15) is 39.5 Å². The predicted molar refractivity (Wildman–Crippen MR) is 64.5 cm³/mol. The fourth-order valence-electron chi connectivity index (χ4n) is 2.73. The first-order chi connectivity index (χ1) is 8.54. The fourth-order valence-corrected chi connectivity index (χ4v) is 2.73. The Morgan fingerprint density at radius 2 is 1.89 bits per heavy atom. The van der Waals surface area contributed by atoms with Crippen LogP contribution in [0.3, 0.4) is 0 Å². The van der Waals surface area contributed by atoms with E-state index in [0.717, 1.165) is 19.3 Å². The second kappa shape index (κ2) is 5.99. The molecule has 2 fully saturated rings. The van der Waals surface area contributed by atoms with E-state index < -0.39 is 12.1 Å². The van der Waals surface area contributed by atoms with Crippen LogP contribution >= 0.6 is 0 Å². The van der Waals surface area contributed by atoms with Gasteiger partial charge in [0.15, 0.2) is 6.10 Å². The summed E-state index contributed by atoms with van der Waals surface area (Å²) in [4.78, 5) is 10.8. The lowest BCUT2D eigenvalue weighted by Gasteiger charge is -2.32. The van der Waals surface area contributed by atoms with Gasteiger partial charge in [-0.1, -0.05) is 0 Å². The van der Waals surface area contributed by atoms with Gasteiger partial charge in [-0.2, -0.15) is 0 Å². The number of carboxylic acid groups (broad SMARTS) is 1. The zero-order valence-corrected chi connectivity index (χ0v) is 11.0. The van der Waals surface area contributed by atoms with E-state index in [9.17, 15) is 4.79 Å². The summed E-state index contributed by atoms with van der Waals surface area (Å²) >= 11 is 0. The van der Waals surface area contributed by atoms with E-state index >= 15 is 0 Å². The van der Waals surface area contributed by atoms with Gasteiger partial charge in [-0.15, -0.1) is 0 Å². The zero-order valence-electron chi connectivity index (χ0n) is 11.0. The Labute approximate surface area is 107 Å². The van der Waals surface area contributed by atoms with Crippen molar-refractivity contribution in [3.05, 3.63) is 0 Å². The lowest BCUT2D eigenvalue weighted by atomic mass is 10.0. The second-order valence-corrected chi connectivity index (χ2v) is 5.35. The number of ether oxygens (including phenoxy) is 3. The molecule has 0 saturated carbocycles. The molecule has 0 amide bonds. The smallest absolute Gasteiger partial charge is 0.332 e. The lowest BCUT2D eigenvalue weighted by Crippen LogP contribution is -2.35. The third kappa shape index (κ3) is 3.67. The Morgan fingerprint density at radius 3 is 2.44 bits per heavy atom. The summed E-state index contributed by atoms with van der Waals surface area (Å²) in [6.07, 6.45) is 3.11. The molecule has 4 unspecified atom stereocenters. The molecule has 0 radical (unpaired) electrons. The van der Waals surface area contributed by atoms with E-state index in [2.05, 4.69) is 13.8 Å². The van der Waals surface area contributed by atoms with Crippen molar-refractivity contribution in [3.63, 3.8) is 0 Å². The fraction of sp³-hybridized carbons (Fsp3) is 0.923. The molecule has 104 valence electrons. The molecule has 0 bridgehead atoms. The van der Waals surface area contributed by atoms with Gasteiger partial charge in [0.1, 0.15) is 0 Å². The summed E-state index contributed by atoms with van der Waals surface area (Å²) in [6.45, 7) is 4.60. The zero-order chi connectivity index (χ0) is 13.1. The number of carbonyl (C=O) groups is 1. The minimum Gasteiger partial charge on any atom is -0.479 e. The second-order valence-electron chi connectivity index (χ2n) is 5.35. The molecule has 18 heavy (non-hydrogen) atoms. The van der Waals surface area contributed by atoms with Crippen molar-refractivity contribution in [2.24, 2.45) is 0 Å². The van der Waals surface area contributed by atoms with Crippen LogP contribution in [0.25, 0.3) is 0 Å². The molecule has 2 aliphatic rings. The van der Waals surface area contributed by atoms with Crippen molar-refractivity contribution in [1.29, 1.82) is 0 Å². The number of hydrogen-bond donors (Lipinski definition) is 1. The van der Waals surface area contributed by atoms with E-state index in [4.69, 9.17) is 19.3 Å². The minimum absolute atomic E-state index is 0.0699. The van der Waals surface area contributed by atoms with E-state index in [1.807, 2.05) is 0 Å². The van der Waals surface area contributed by atoms with Crippen LogP contribution in [0.2, 0.25) is 0 Å². The van der Waals surface area contributed by atoms with Crippen LogP contribution < -0.4 is 0 Å². The quantitative estimate of drug-likeness (QED) is 0.829. The average Bonchev–Trinajstić information content (AvgIpc) is 2.73. The van der Waals surface area contributed by atoms with Crippen LogP contribution in [0.15, 0.2) is 0 Å². The Bertz CT molecular complexity index is 283. The molecule has 0 aliphatic carbocycles. The van der Waals surface area contributed by atoms with Gasteiger partial charge in [0.2, 0.25) is 0 Å². The average molecular weight is 258 g/mol. The van der Waals surface area contributed by atoms with Gasteiger partial charge in [-0.05, 0) is 39.5 Å². The van der Waals surface area contributed by atoms with Crippen molar-refractivity contribution in [2.45, 2.75) is 70.1 Å². The minimum atomic E-state index is -0.870. The molecular weight excluding hydrogens is 236 g/mol. The summed E-state index contributed by atoms with van der Waals surface area (Å²) in [7, 11) is 0.